The molecule has 0 bridgehead atoms. The molecular formula is C45H117N11O5S. The van der Waals surface area contributed by atoms with Gasteiger partial charge in [-0.3, -0.25) is 0 Å². The molecule has 0 aliphatic carbocycles. The Morgan fingerprint density at radius 3 is 0.903 bits per heavy atom. The quantitative estimate of drug-likeness (QED) is 0.373. The molecule has 0 unspecified atom stereocenters. The number of aliphatic hydroxyl groups is 1. The molecule has 4 rings (SSSR count). The van der Waals surface area contributed by atoms with Crippen molar-refractivity contribution in [3.8, 4) is 0 Å². The summed E-state index contributed by atoms with van der Waals surface area (Å²) in [7, 11) is 46.5. The fraction of sp³-hybridized carbons (Fsp3) is 1.00. The van der Waals surface area contributed by atoms with Crippen molar-refractivity contribution in [1.29, 1.82) is 0 Å². The van der Waals surface area contributed by atoms with Crippen molar-refractivity contribution in [3.05, 3.63) is 0 Å². The van der Waals surface area contributed by atoms with Crippen molar-refractivity contribution >= 4 is 11.8 Å². The van der Waals surface area contributed by atoms with Crippen LogP contribution in [0.4, 0.5) is 0 Å². The molecule has 0 atom stereocenters. The molecule has 0 amide bonds. The zero-order chi connectivity index (χ0) is 50.0. The first kappa shape index (κ1) is 78.8. The fourth-order valence-corrected chi connectivity index (χ4v) is 4.83. The van der Waals surface area contributed by atoms with Crippen LogP contribution in [-0.4, -0.2) is 335 Å². The van der Waals surface area contributed by atoms with Gasteiger partial charge in [-0.05, 0) is 160 Å². The molecule has 0 aromatic heterocycles. The van der Waals surface area contributed by atoms with Gasteiger partial charge >= 0.3 is 0 Å². The average molecular weight is 925 g/mol. The van der Waals surface area contributed by atoms with E-state index in [0.29, 0.717) is 0 Å². The van der Waals surface area contributed by atoms with Crippen molar-refractivity contribution in [2.24, 2.45) is 0 Å². The van der Waals surface area contributed by atoms with E-state index >= 15 is 0 Å². The molecule has 4 aliphatic heterocycles. The number of likely N-dealkylation sites (N-methyl/N-ethyl adjacent to an activating group) is 5. The molecule has 0 aromatic rings. The second kappa shape index (κ2) is 72.3. The molecule has 4 saturated heterocycles. The van der Waals surface area contributed by atoms with Gasteiger partial charge in [0.25, 0.3) is 0 Å². The van der Waals surface area contributed by atoms with Gasteiger partial charge in [0.15, 0.2) is 0 Å². The van der Waals surface area contributed by atoms with E-state index in [1.54, 1.807) is 35.5 Å². The number of nitrogens with one attached hydrogen (secondary N) is 2. The normalized spacial score (nSPS) is 16.4. The molecule has 3 N–H and O–H groups in total. The van der Waals surface area contributed by atoms with Crippen molar-refractivity contribution in [3.63, 3.8) is 0 Å². The summed E-state index contributed by atoms with van der Waals surface area (Å²) in [4.78, 5) is 19.8. The molecule has 4 heterocycles. The number of nitrogens with zero attached hydrogens (tertiary/aromatic N) is 9. The van der Waals surface area contributed by atoms with Gasteiger partial charge in [-0.25, -0.2) is 0 Å². The third-order valence-electron chi connectivity index (χ3n) is 7.07. The Morgan fingerprint density at radius 2 is 0.758 bits per heavy atom. The number of likely N-dealkylation sites (tertiary alicyclic amines) is 1. The largest absolute Gasteiger partial charge is 0.395 e. The predicted molar refractivity (Wildman–Crippen MR) is 281 cm³/mol. The molecular weight excluding hydrogens is 807 g/mol. The van der Waals surface area contributed by atoms with Crippen molar-refractivity contribution in [2.45, 2.75) is 19.3 Å². The molecule has 0 spiro atoms. The van der Waals surface area contributed by atoms with Crippen molar-refractivity contribution in [1.82, 2.24) is 54.7 Å². The summed E-state index contributed by atoms with van der Waals surface area (Å²) in [5.74, 6) is 2.66. The first-order valence-electron chi connectivity index (χ1n) is 22.3. The van der Waals surface area contributed by atoms with E-state index in [9.17, 15) is 0 Å². The topological polar surface area (TPSA) is 110 Å². The SMILES string of the molecule is CN(C)C.CN(C)C.CN(C)CCO.CN1CCCCC1.CN1CCN(C)CC1.CN1CCOCC1.CN1CCSCC1.CNC.CNC.COC.COC.COCCN(C)C. The van der Waals surface area contributed by atoms with E-state index in [4.69, 9.17) is 14.6 Å². The molecule has 0 radical (unpaired) electrons. The molecule has 4 aliphatic rings. The molecule has 16 nitrogen and oxygen atoms in total. The van der Waals surface area contributed by atoms with E-state index < -0.39 is 0 Å². The van der Waals surface area contributed by atoms with Crippen LogP contribution in [0.3, 0.4) is 0 Å². The van der Waals surface area contributed by atoms with Gasteiger partial charge in [0.1, 0.15) is 0 Å². The summed E-state index contributed by atoms with van der Waals surface area (Å²) in [6.07, 6.45) is 4.28. The van der Waals surface area contributed by atoms with Gasteiger partial charge in [0.2, 0.25) is 0 Å². The Morgan fingerprint density at radius 1 is 0.484 bits per heavy atom. The first-order chi connectivity index (χ1) is 29.1. The smallest absolute Gasteiger partial charge is 0.0594 e. The van der Waals surface area contributed by atoms with Gasteiger partial charge in [0.05, 0.1) is 26.4 Å². The van der Waals surface area contributed by atoms with E-state index in [2.05, 4.69) is 96.5 Å². The van der Waals surface area contributed by atoms with Gasteiger partial charge < -0.3 is 78.8 Å². The van der Waals surface area contributed by atoms with Gasteiger partial charge in [-0.2, -0.15) is 11.8 Å². The van der Waals surface area contributed by atoms with Crippen LogP contribution < -0.4 is 10.6 Å². The number of thioether (sulfide) groups is 1. The van der Waals surface area contributed by atoms with Crippen LogP contribution in [0.1, 0.15) is 19.3 Å². The van der Waals surface area contributed by atoms with Crippen LogP contribution in [0.5, 0.6) is 0 Å². The monoisotopic (exact) mass is 924 g/mol. The maximum absolute atomic E-state index is 8.20. The van der Waals surface area contributed by atoms with E-state index in [1.165, 1.54) is 83.1 Å². The average Bonchev–Trinajstić information content (AvgIpc) is 3.18. The second-order valence-electron chi connectivity index (χ2n) is 16.6. The van der Waals surface area contributed by atoms with Crippen LogP contribution in [0.25, 0.3) is 0 Å². The Bertz CT molecular complexity index is 607. The van der Waals surface area contributed by atoms with E-state index in [1.807, 2.05) is 113 Å². The number of piperidine rings is 1. The van der Waals surface area contributed by atoms with Gasteiger partial charge in [0, 0.05) is 113 Å². The maximum atomic E-state index is 8.20. The van der Waals surface area contributed by atoms with Gasteiger partial charge in [-0.15, -0.1) is 0 Å². The van der Waals surface area contributed by atoms with Gasteiger partial charge in [-0.1, -0.05) is 6.42 Å². The molecule has 0 aromatic carbocycles. The summed E-state index contributed by atoms with van der Waals surface area (Å²) < 4.78 is 18.4. The molecule has 62 heavy (non-hydrogen) atoms. The number of morpholine rings is 1. The lowest BCUT2D eigenvalue weighted by molar-refractivity contribution is 0.0503. The number of rotatable bonds is 5. The minimum Gasteiger partial charge on any atom is -0.395 e. The highest BCUT2D eigenvalue weighted by atomic mass is 32.2. The summed E-state index contributed by atoms with van der Waals surface area (Å²) in [6.45, 7) is 17.0. The standard InChI is InChI=1S/C6H14N2.C6H13N.C5H11NO.C5H13NO.C5H11NS.C4H11NO.2C3H9N.2C2H7N.2C2H6O/c1-7-3-5-8(2)6-4-7;1-7-5-3-2-4-6-7;1-6-2-4-7-5-3-6;1-6(2)4-5-7-3;1-6-2-4-7-5-3-6;1-5(2)3-4-6;2*1-4(2)3;4*1-3-2/h3-6H2,1-2H3;2-6H2,1H3;2-5H2,1H3;4-5H2,1-3H3;2-5H2,1H3;6H,3-4H2,1-2H3;2*1-3H3;2*3H,1-2H3;2*1-2H3. The fourth-order valence-electron chi connectivity index (χ4n) is 3.74. The molecule has 388 valence electrons. The van der Waals surface area contributed by atoms with Crippen LogP contribution >= 0.6 is 11.8 Å². The van der Waals surface area contributed by atoms with E-state index in [0.717, 1.165) is 46.0 Å². The maximum Gasteiger partial charge on any atom is 0.0594 e. The van der Waals surface area contributed by atoms with Crippen molar-refractivity contribution < 1.29 is 24.1 Å². The Kier molecular flexibility index (Phi) is 92.0. The number of aliphatic hydroxyl groups excluding tert-OH is 1. The summed E-state index contributed by atoms with van der Waals surface area (Å²) in [6, 6.07) is 0. The zero-order valence-electron chi connectivity index (χ0n) is 46.4. The lowest BCUT2D eigenvalue weighted by atomic mass is 10.1. The summed E-state index contributed by atoms with van der Waals surface area (Å²) >= 11 is 2.06. The minimum absolute atomic E-state index is 0.257. The van der Waals surface area contributed by atoms with Crippen LogP contribution in [-0.2, 0) is 18.9 Å². The predicted octanol–water partition coefficient (Wildman–Crippen LogP) is 1.87. The van der Waals surface area contributed by atoms with Crippen LogP contribution in [0, 0.1) is 0 Å². The van der Waals surface area contributed by atoms with E-state index in [-0.39, 0.29) is 6.61 Å². The van der Waals surface area contributed by atoms with Crippen LogP contribution in [0.2, 0.25) is 0 Å². The molecule has 4 fully saturated rings. The lowest BCUT2D eigenvalue weighted by Crippen LogP contribution is -2.42. The first-order valence-corrected chi connectivity index (χ1v) is 23.5. The molecule has 0 saturated carbocycles. The summed E-state index contributed by atoms with van der Waals surface area (Å²) in [5, 5.41) is 13.7. The number of piperazine rings is 1. The lowest BCUT2D eigenvalue weighted by Gasteiger charge is -2.28. The Hall–Kier alpha value is -0.290. The van der Waals surface area contributed by atoms with Crippen molar-refractivity contribution in [2.75, 3.05) is 286 Å². The zero-order valence-corrected chi connectivity index (χ0v) is 47.2. The highest BCUT2D eigenvalue weighted by molar-refractivity contribution is 7.99. The second-order valence-corrected chi connectivity index (χ2v) is 17.8. The number of hydrogen-bond acceptors (Lipinski definition) is 17. The molecule has 17 heteroatoms. The Labute approximate surface area is 394 Å². The third-order valence-corrected chi connectivity index (χ3v) is 8.01. The number of hydrogen-bond donors (Lipinski definition) is 3. The third kappa shape index (κ3) is 124. The summed E-state index contributed by atoms with van der Waals surface area (Å²) in [5.41, 5.74) is 0. The number of methoxy groups -OCH3 is 3. The highest BCUT2D eigenvalue weighted by Crippen LogP contribution is 2.06. The van der Waals surface area contributed by atoms with Crippen LogP contribution in [0.15, 0.2) is 0 Å². The Balaban J connectivity index is -0.0000000871. The minimum atomic E-state index is 0.257. The highest BCUT2D eigenvalue weighted by Gasteiger charge is 2.08. The number of ether oxygens (including phenoxy) is 4.